The average molecular weight is 732 g/mol. The summed E-state index contributed by atoms with van der Waals surface area (Å²) in [4.78, 5) is 17.4. The lowest BCUT2D eigenvalue weighted by molar-refractivity contribution is 0.477. The molecule has 0 spiro atoms. The van der Waals surface area contributed by atoms with Gasteiger partial charge in [-0.05, 0) is 76.9 Å². The number of hydrogen-bond donors (Lipinski definition) is 0. The molecule has 268 valence electrons. The summed E-state index contributed by atoms with van der Waals surface area (Å²) >= 11 is 0. The van der Waals surface area contributed by atoms with E-state index in [1.165, 1.54) is 5.56 Å². The molecule has 0 radical (unpaired) electrons. The van der Waals surface area contributed by atoms with E-state index in [1.807, 2.05) is 78.9 Å². The Kier molecular flexibility index (Phi) is 7.71. The topological polar surface area (TPSA) is 56.1 Å². The van der Waals surface area contributed by atoms with E-state index >= 15 is 0 Å². The van der Waals surface area contributed by atoms with Crippen LogP contribution in [0.25, 0.3) is 72.8 Å². The Balaban J connectivity index is 1.04. The van der Waals surface area contributed by atoms with E-state index in [9.17, 15) is 0 Å². The zero-order valence-corrected chi connectivity index (χ0v) is 30.7. The van der Waals surface area contributed by atoms with Crippen LogP contribution in [-0.2, 0) is 0 Å². The van der Waals surface area contributed by atoms with E-state index in [4.69, 9.17) is 19.7 Å². The summed E-state index contributed by atoms with van der Waals surface area (Å²) in [6.07, 6.45) is 0. The lowest BCUT2D eigenvalue weighted by atomic mass is 10.0. The summed E-state index contributed by atoms with van der Waals surface area (Å²) in [7, 11) is 0. The maximum Gasteiger partial charge on any atom is 0.238 e. The first-order valence-electron chi connectivity index (χ1n) is 19.0. The van der Waals surface area contributed by atoms with Gasteiger partial charge in [0.2, 0.25) is 5.95 Å². The summed E-state index contributed by atoms with van der Waals surface area (Å²) in [6, 6.07) is 69.2. The highest BCUT2D eigenvalue weighted by Gasteiger charge is 2.27. The van der Waals surface area contributed by atoms with Gasteiger partial charge in [-0.3, -0.25) is 4.57 Å². The second kappa shape index (κ2) is 13.5. The number of rotatable bonds is 6. The number of fused-ring (bicyclic) bond motifs is 5. The van der Waals surface area contributed by atoms with Crippen LogP contribution < -0.4 is 9.64 Å². The number of para-hydroxylation sites is 3. The first-order chi connectivity index (χ1) is 28.2. The minimum Gasteiger partial charge on any atom is -0.453 e. The third kappa shape index (κ3) is 5.70. The van der Waals surface area contributed by atoms with E-state index in [1.54, 1.807) is 0 Å². The van der Waals surface area contributed by atoms with Crippen molar-refractivity contribution in [3.63, 3.8) is 0 Å². The fraction of sp³-hybridized carbons (Fsp3) is 0. The lowest BCUT2D eigenvalue weighted by Gasteiger charge is -2.33. The fourth-order valence-corrected chi connectivity index (χ4v) is 7.94. The van der Waals surface area contributed by atoms with Crippen molar-refractivity contribution in [2.75, 3.05) is 4.90 Å². The van der Waals surface area contributed by atoms with Gasteiger partial charge in [-0.15, -0.1) is 0 Å². The van der Waals surface area contributed by atoms with E-state index in [0.717, 1.165) is 78.2 Å². The second-order valence-corrected chi connectivity index (χ2v) is 14.1. The average Bonchev–Trinajstić information content (AvgIpc) is 3.62. The normalized spacial score (nSPS) is 12.0. The SMILES string of the molecule is c1ccc(-c2cccc(N3c4ccccc4Oc4cc(-c5ccc6c(c5)c5ccccc5n6-c5nc(-c6ccccc6)nc(-c6ccccc6)n5)ccc43)c2)cc1. The molecule has 0 saturated heterocycles. The van der Waals surface area contributed by atoms with Crippen molar-refractivity contribution in [3.05, 3.63) is 200 Å². The van der Waals surface area contributed by atoms with Crippen molar-refractivity contribution in [3.8, 4) is 62.5 Å². The summed E-state index contributed by atoms with van der Waals surface area (Å²) in [6.45, 7) is 0. The largest absolute Gasteiger partial charge is 0.453 e. The molecule has 0 atom stereocenters. The van der Waals surface area contributed by atoms with Gasteiger partial charge in [-0.25, -0.2) is 4.98 Å². The zero-order chi connectivity index (χ0) is 37.7. The third-order valence-corrected chi connectivity index (χ3v) is 10.6. The van der Waals surface area contributed by atoms with Crippen LogP contribution >= 0.6 is 0 Å². The molecule has 0 amide bonds. The quantitative estimate of drug-likeness (QED) is 0.170. The zero-order valence-electron chi connectivity index (χ0n) is 30.7. The van der Waals surface area contributed by atoms with Crippen molar-refractivity contribution < 1.29 is 4.74 Å². The number of anilines is 3. The highest BCUT2D eigenvalue weighted by molar-refractivity contribution is 6.10. The van der Waals surface area contributed by atoms with Crippen LogP contribution in [0, 0.1) is 0 Å². The molecule has 10 aromatic rings. The van der Waals surface area contributed by atoms with Gasteiger partial charge in [-0.1, -0.05) is 146 Å². The summed E-state index contributed by atoms with van der Waals surface area (Å²) in [5.74, 6) is 3.43. The van der Waals surface area contributed by atoms with Crippen LogP contribution in [0.5, 0.6) is 11.5 Å². The van der Waals surface area contributed by atoms with Crippen LogP contribution in [-0.4, -0.2) is 19.5 Å². The summed E-state index contributed by atoms with van der Waals surface area (Å²) < 4.78 is 8.81. The molecule has 8 aromatic carbocycles. The Bertz CT molecular complexity index is 3050. The van der Waals surface area contributed by atoms with E-state index < -0.39 is 0 Å². The number of ether oxygens (including phenoxy) is 1. The summed E-state index contributed by atoms with van der Waals surface area (Å²) in [5, 5.41) is 2.22. The molecule has 11 rings (SSSR count). The standard InChI is InChI=1S/C51H33N5O/c1-4-15-34(16-5-1)37-21-14-22-40(31-37)55-45-25-12-13-26-47(45)57-48-33-39(28-30-46(48)55)38-27-29-44-42(32-38)41-23-10-11-24-43(41)56(44)51-53-49(35-17-6-2-7-18-35)52-50(54-51)36-19-8-3-9-20-36/h1-33H. The van der Waals surface area contributed by atoms with Crippen LogP contribution in [0.15, 0.2) is 200 Å². The van der Waals surface area contributed by atoms with Crippen molar-refractivity contribution in [2.24, 2.45) is 0 Å². The Morgan fingerprint density at radius 1 is 0.351 bits per heavy atom. The second-order valence-electron chi connectivity index (χ2n) is 14.1. The number of aromatic nitrogens is 4. The molecule has 0 unspecified atom stereocenters. The predicted molar refractivity (Wildman–Crippen MR) is 231 cm³/mol. The minimum absolute atomic E-state index is 0.568. The van der Waals surface area contributed by atoms with Crippen LogP contribution in [0.1, 0.15) is 0 Å². The molecular formula is C51H33N5O. The van der Waals surface area contributed by atoms with E-state index in [-0.39, 0.29) is 0 Å². The predicted octanol–water partition coefficient (Wildman–Crippen LogP) is 13.2. The fourth-order valence-electron chi connectivity index (χ4n) is 7.94. The molecule has 0 N–H and O–H groups in total. The monoisotopic (exact) mass is 731 g/mol. The maximum absolute atomic E-state index is 6.65. The van der Waals surface area contributed by atoms with Crippen molar-refractivity contribution in [1.82, 2.24) is 19.5 Å². The van der Waals surface area contributed by atoms with Crippen molar-refractivity contribution in [1.29, 1.82) is 0 Å². The van der Waals surface area contributed by atoms with Crippen molar-refractivity contribution >= 4 is 38.9 Å². The Hall–Kier alpha value is -7.83. The van der Waals surface area contributed by atoms with Gasteiger partial charge in [0.25, 0.3) is 0 Å². The molecule has 1 aliphatic rings. The smallest absolute Gasteiger partial charge is 0.238 e. The molecule has 0 bridgehead atoms. The van der Waals surface area contributed by atoms with Gasteiger partial charge < -0.3 is 9.64 Å². The highest BCUT2D eigenvalue weighted by Crippen LogP contribution is 2.51. The van der Waals surface area contributed by atoms with Gasteiger partial charge in [0.15, 0.2) is 23.1 Å². The Morgan fingerprint density at radius 3 is 1.67 bits per heavy atom. The van der Waals surface area contributed by atoms with E-state index in [2.05, 4.69) is 131 Å². The van der Waals surface area contributed by atoms with Crippen LogP contribution in [0.2, 0.25) is 0 Å². The van der Waals surface area contributed by atoms with Gasteiger partial charge in [0.1, 0.15) is 0 Å². The number of nitrogens with zero attached hydrogens (tertiary/aromatic N) is 5. The first-order valence-corrected chi connectivity index (χ1v) is 19.0. The van der Waals surface area contributed by atoms with Crippen LogP contribution in [0.3, 0.4) is 0 Å². The third-order valence-electron chi connectivity index (χ3n) is 10.6. The molecule has 0 fully saturated rings. The summed E-state index contributed by atoms with van der Waals surface area (Å²) in [5.41, 5.74) is 11.4. The molecule has 2 aromatic heterocycles. The van der Waals surface area contributed by atoms with Crippen molar-refractivity contribution in [2.45, 2.75) is 0 Å². The Labute approximate surface area is 329 Å². The molecular weight excluding hydrogens is 699 g/mol. The van der Waals surface area contributed by atoms with Gasteiger partial charge >= 0.3 is 0 Å². The first kappa shape index (κ1) is 32.6. The minimum atomic E-state index is 0.568. The maximum atomic E-state index is 6.65. The van der Waals surface area contributed by atoms with Crippen LogP contribution in [0.4, 0.5) is 17.1 Å². The molecule has 3 heterocycles. The molecule has 6 heteroatoms. The molecule has 0 aliphatic carbocycles. The highest BCUT2D eigenvalue weighted by atomic mass is 16.5. The van der Waals surface area contributed by atoms with Gasteiger partial charge in [0, 0.05) is 27.6 Å². The molecule has 57 heavy (non-hydrogen) atoms. The number of benzene rings is 8. The molecule has 0 saturated carbocycles. The molecule has 6 nitrogen and oxygen atoms in total. The molecule has 1 aliphatic heterocycles. The van der Waals surface area contributed by atoms with Gasteiger partial charge in [0.05, 0.1) is 22.4 Å². The lowest BCUT2D eigenvalue weighted by Crippen LogP contribution is -2.15. The Morgan fingerprint density at radius 2 is 0.912 bits per heavy atom. The number of hydrogen-bond acceptors (Lipinski definition) is 5. The van der Waals surface area contributed by atoms with E-state index in [0.29, 0.717) is 17.6 Å². The van der Waals surface area contributed by atoms with Gasteiger partial charge in [-0.2, -0.15) is 9.97 Å².